The molecule has 2 aliphatic heterocycles. The van der Waals surface area contributed by atoms with Gasteiger partial charge < -0.3 is 15.1 Å². The number of para-hydroxylation sites is 1. The molecule has 2 aromatic carbocycles. The Balaban J connectivity index is 1.54. The summed E-state index contributed by atoms with van der Waals surface area (Å²) in [6.07, 6.45) is 4.08. The van der Waals surface area contributed by atoms with E-state index in [2.05, 4.69) is 5.32 Å². The second-order valence-electron chi connectivity index (χ2n) is 7.87. The van der Waals surface area contributed by atoms with Crippen LogP contribution in [0.4, 0.5) is 11.4 Å². The van der Waals surface area contributed by atoms with Gasteiger partial charge in [-0.1, -0.05) is 31.0 Å². The van der Waals surface area contributed by atoms with Crippen LogP contribution in [0.15, 0.2) is 53.4 Å². The molecule has 0 saturated carbocycles. The highest BCUT2D eigenvalue weighted by Gasteiger charge is 2.40. The number of fused-ring (bicyclic) bond motifs is 1. The third-order valence-electron chi connectivity index (χ3n) is 5.61. The average Bonchev–Trinajstić information content (AvgIpc) is 3.10. The van der Waals surface area contributed by atoms with Crippen LogP contribution >= 0.6 is 11.8 Å². The van der Waals surface area contributed by atoms with Gasteiger partial charge in [0.25, 0.3) is 5.91 Å². The molecule has 2 heterocycles. The molecule has 2 aromatic rings. The van der Waals surface area contributed by atoms with Gasteiger partial charge in [0.1, 0.15) is 6.54 Å². The zero-order valence-electron chi connectivity index (χ0n) is 17.6. The molecule has 0 aromatic heterocycles. The van der Waals surface area contributed by atoms with Crippen molar-refractivity contribution in [1.82, 2.24) is 4.90 Å². The van der Waals surface area contributed by atoms with Crippen LogP contribution in [0.25, 0.3) is 0 Å². The number of nitrogens with zero attached hydrogens (tertiary/aromatic N) is 3. The lowest BCUT2D eigenvalue weighted by Crippen LogP contribution is -2.51. The first-order valence-corrected chi connectivity index (χ1v) is 11.6. The van der Waals surface area contributed by atoms with Crippen LogP contribution in [-0.2, 0) is 14.4 Å². The van der Waals surface area contributed by atoms with E-state index in [0.29, 0.717) is 30.0 Å². The van der Waals surface area contributed by atoms with Gasteiger partial charge in [0.15, 0.2) is 5.25 Å². The minimum absolute atomic E-state index is 0.177. The van der Waals surface area contributed by atoms with Crippen molar-refractivity contribution in [3.63, 3.8) is 0 Å². The molecule has 32 heavy (non-hydrogen) atoms. The van der Waals surface area contributed by atoms with Crippen molar-refractivity contribution in [2.45, 2.75) is 35.8 Å². The summed E-state index contributed by atoms with van der Waals surface area (Å²) in [5.74, 6) is -0.941. The first kappa shape index (κ1) is 21.9. The summed E-state index contributed by atoms with van der Waals surface area (Å²) in [6.45, 7) is 1.12. The fourth-order valence-electron chi connectivity index (χ4n) is 4.00. The Morgan fingerprint density at radius 1 is 1.06 bits per heavy atom. The largest absolute Gasteiger partial charge is 0.341 e. The smallest absolute Gasteiger partial charge is 0.250 e. The van der Waals surface area contributed by atoms with Crippen molar-refractivity contribution >= 4 is 40.9 Å². The molecule has 164 valence electrons. The number of nitriles is 1. The second-order valence-corrected chi connectivity index (χ2v) is 9.02. The van der Waals surface area contributed by atoms with E-state index in [0.717, 1.165) is 30.6 Å². The first-order valence-electron chi connectivity index (χ1n) is 10.7. The predicted octanol–water partition coefficient (Wildman–Crippen LogP) is 3.41. The van der Waals surface area contributed by atoms with E-state index in [1.54, 1.807) is 35.2 Å². The van der Waals surface area contributed by atoms with Gasteiger partial charge in [0.05, 0.1) is 17.3 Å². The summed E-state index contributed by atoms with van der Waals surface area (Å²) in [7, 11) is 0. The van der Waals surface area contributed by atoms with E-state index in [1.807, 2.05) is 24.3 Å². The van der Waals surface area contributed by atoms with Crippen molar-refractivity contribution in [3.8, 4) is 6.07 Å². The number of hydrogen-bond acceptors (Lipinski definition) is 5. The van der Waals surface area contributed by atoms with Crippen LogP contribution < -0.4 is 10.2 Å². The van der Waals surface area contributed by atoms with Gasteiger partial charge in [0, 0.05) is 23.7 Å². The average molecular weight is 449 g/mol. The molecule has 8 heteroatoms. The molecular formula is C24H24N4O3S. The maximum absolute atomic E-state index is 13.4. The molecule has 0 aliphatic carbocycles. The number of likely N-dealkylation sites (tertiary alicyclic amines) is 1. The zero-order chi connectivity index (χ0) is 22.5. The van der Waals surface area contributed by atoms with Crippen molar-refractivity contribution in [3.05, 3.63) is 54.1 Å². The number of benzene rings is 2. The highest BCUT2D eigenvalue weighted by atomic mass is 32.2. The molecule has 0 radical (unpaired) electrons. The third-order valence-corrected chi connectivity index (χ3v) is 6.85. The predicted molar refractivity (Wildman–Crippen MR) is 123 cm³/mol. The zero-order valence-corrected chi connectivity index (χ0v) is 18.4. The number of nitrogens with one attached hydrogen (secondary N) is 1. The van der Waals surface area contributed by atoms with Gasteiger partial charge in [-0.3, -0.25) is 14.4 Å². The summed E-state index contributed by atoms with van der Waals surface area (Å²) < 4.78 is 0. The molecule has 0 bridgehead atoms. The molecule has 0 spiro atoms. The molecule has 7 nitrogen and oxygen atoms in total. The molecule has 1 saturated heterocycles. The molecule has 1 unspecified atom stereocenters. The Morgan fingerprint density at radius 2 is 1.81 bits per heavy atom. The summed E-state index contributed by atoms with van der Waals surface area (Å²) in [6, 6.07) is 16.0. The number of carbonyl (C=O) groups is 3. The monoisotopic (exact) mass is 448 g/mol. The van der Waals surface area contributed by atoms with E-state index < -0.39 is 11.2 Å². The minimum Gasteiger partial charge on any atom is -0.341 e. The third kappa shape index (κ3) is 4.78. The number of rotatable bonds is 4. The number of carbonyl (C=O) groups excluding carboxylic acids is 3. The van der Waals surface area contributed by atoms with E-state index in [1.165, 1.54) is 16.7 Å². The van der Waals surface area contributed by atoms with E-state index in [4.69, 9.17) is 5.26 Å². The Kier molecular flexibility index (Phi) is 6.76. The number of anilines is 2. The molecule has 1 N–H and O–H groups in total. The second kappa shape index (κ2) is 9.88. The van der Waals surface area contributed by atoms with Crippen molar-refractivity contribution < 1.29 is 14.4 Å². The lowest BCUT2D eigenvalue weighted by Gasteiger charge is -2.34. The summed E-state index contributed by atoms with van der Waals surface area (Å²) >= 11 is 1.26. The Hall–Kier alpha value is -3.31. The molecule has 4 rings (SSSR count). The van der Waals surface area contributed by atoms with Gasteiger partial charge in [-0.15, -0.1) is 11.8 Å². The molecule has 1 fully saturated rings. The van der Waals surface area contributed by atoms with E-state index in [-0.39, 0.29) is 18.4 Å². The van der Waals surface area contributed by atoms with Gasteiger partial charge >= 0.3 is 0 Å². The molecule has 2 aliphatic rings. The quantitative estimate of drug-likeness (QED) is 0.724. The lowest BCUT2D eigenvalue weighted by molar-refractivity contribution is -0.135. The van der Waals surface area contributed by atoms with Crippen molar-refractivity contribution in [1.29, 1.82) is 5.26 Å². The normalized spacial score (nSPS) is 18.3. The first-order chi connectivity index (χ1) is 15.6. The standard InChI is InChI=1S/C24H24N4O3S/c25-15-17-8-7-9-18(14-17)26-21(29)16-28-19-10-3-4-11-20(19)32-22(24(28)31)23(30)27-12-5-1-2-6-13-27/h3-4,7-11,14,22H,1-2,5-6,12-13,16H2,(H,26,29). The lowest BCUT2D eigenvalue weighted by atomic mass is 10.2. The Bertz CT molecular complexity index is 1070. The Labute approximate surface area is 191 Å². The number of thioether (sulfide) groups is 1. The topological polar surface area (TPSA) is 93.5 Å². The maximum Gasteiger partial charge on any atom is 0.250 e. The molecule has 3 amide bonds. The van der Waals surface area contributed by atoms with Crippen LogP contribution in [0.2, 0.25) is 0 Å². The van der Waals surface area contributed by atoms with Crippen LogP contribution in [0.3, 0.4) is 0 Å². The maximum atomic E-state index is 13.4. The highest BCUT2D eigenvalue weighted by Crippen LogP contribution is 2.39. The van der Waals surface area contributed by atoms with Crippen molar-refractivity contribution in [2.24, 2.45) is 0 Å². The number of amides is 3. The molecule has 1 atom stereocenters. The van der Waals surface area contributed by atoms with Crippen LogP contribution in [0, 0.1) is 11.3 Å². The fraction of sp³-hybridized carbons (Fsp3) is 0.333. The highest BCUT2D eigenvalue weighted by molar-refractivity contribution is 8.01. The van der Waals surface area contributed by atoms with Crippen LogP contribution in [-0.4, -0.2) is 47.5 Å². The van der Waals surface area contributed by atoms with Gasteiger partial charge in [-0.25, -0.2) is 0 Å². The van der Waals surface area contributed by atoms with E-state index in [9.17, 15) is 14.4 Å². The van der Waals surface area contributed by atoms with E-state index >= 15 is 0 Å². The summed E-state index contributed by atoms with van der Waals surface area (Å²) in [5.41, 5.74) is 1.54. The number of hydrogen-bond donors (Lipinski definition) is 1. The van der Waals surface area contributed by atoms with Gasteiger partial charge in [0.2, 0.25) is 11.8 Å². The van der Waals surface area contributed by atoms with Crippen LogP contribution in [0.1, 0.15) is 31.2 Å². The minimum atomic E-state index is -0.891. The fourth-order valence-corrected chi connectivity index (χ4v) is 5.19. The van der Waals surface area contributed by atoms with Gasteiger partial charge in [-0.05, 0) is 43.2 Å². The Morgan fingerprint density at radius 3 is 2.56 bits per heavy atom. The molecular weight excluding hydrogens is 424 g/mol. The summed E-state index contributed by atoms with van der Waals surface area (Å²) in [4.78, 5) is 43.4. The van der Waals surface area contributed by atoms with Gasteiger partial charge in [-0.2, -0.15) is 5.26 Å². The SMILES string of the molecule is N#Cc1cccc(NC(=O)CN2C(=O)C(C(=O)N3CCCCCC3)Sc3ccccc32)c1. The summed E-state index contributed by atoms with van der Waals surface area (Å²) in [5, 5.41) is 10.9. The van der Waals surface area contributed by atoms with Crippen molar-refractivity contribution in [2.75, 3.05) is 29.9 Å². The van der Waals surface area contributed by atoms with Crippen LogP contribution in [0.5, 0.6) is 0 Å².